The van der Waals surface area contributed by atoms with Crippen molar-refractivity contribution in [1.29, 1.82) is 0 Å². The first-order valence-electron chi connectivity index (χ1n) is 8.49. The summed E-state index contributed by atoms with van der Waals surface area (Å²) in [4.78, 5) is 17.5. The lowest BCUT2D eigenvalue weighted by Gasteiger charge is -2.08. The molecule has 3 aromatic rings. The number of aromatic nitrogens is 1. The highest BCUT2D eigenvalue weighted by Gasteiger charge is 2.36. The van der Waals surface area contributed by atoms with Gasteiger partial charge in [-0.05, 0) is 63.0 Å². The van der Waals surface area contributed by atoms with Gasteiger partial charge in [0.15, 0.2) is 6.04 Å². The van der Waals surface area contributed by atoms with E-state index in [1.54, 1.807) is 6.92 Å². The number of benzene rings is 2. The second kappa shape index (κ2) is 9.07. The molecule has 6 nitrogen and oxygen atoms in total. The summed E-state index contributed by atoms with van der Waals surface area (Å²) in [5.41, 5.74) is 2.92. The SMILES string of the molecule is CC1=NN(c2nc(-c3ccc(Br)cc3)cs2)C(=O)[C@@H]1N=Nc1c(Br)cc(Br)cc1Br. The summed E-state index contributed by atoms with van der Waals surface area (Å²) < 4.78 is 3.40. The molecule has 4 rings (SSSR count). The number of halogens is 4. The van der Waals surface area contributed by atoms with Crippen LogP contribution in [0.1, 0.15) is 6.92 Å². The fraction of sp³-hybridized carbons (Fsp3) is 0.105. The molecule has 1 aliphatic heterocycles. The molecule has 152 valence electrons. The first-order chi connectivity index (χ1) is 14.3. The summed E-state index contributed by atoms with van der Waals surface area (Å²) in [5, 5.41) is 16.6. The Morgan fingerprint density at radius 2 is 1.70 bits per heavy atom. The number of thiazole rings is 1. The number of hydrazone groups is 1. The minimum atomic E-state index is -0.785. The summed E-state index contributed by atoms with van der Waals surface area (Å²) in [5.74, 6) is -0.280. The van der Waals surface area contributed by atoms with Crippen molar-refractivity contribution in [3.05, 3.63) is 59.7 Å². The molecule has 0 saturated heterocycles. The highest BCUT2D eigenvalue weighted by atomic mass is 79.9. The number of azo groups is 1. The fourth-order valence-electron chi connectivity index (χ4n) is 2.69. The van der Waals surface area contributed by atoms with Crippen LogP contribution in [0.2, 0.25) is 0 Å². The smallest absolute Gasteiger partial charge is 0.269 e. The Labute approximate surface area is 210 Å². The van der Waals surface area contributed by atoms with E-state index in [1.807, 2.05) is 41.8 Å². The van der Waals surface area contributed by atoms with Gasteiger partial charge in [0.1, 0.15) is 5.69 Å². The van der Waals surface area contributed by atoms with Crippen molar-refractivity contribution in [3.8, 4) is 11.3 Å². The van der Waals surface area contributed by atoms with E-state index in [0.29, 0.717) is 16.5 Å². The van der Waals surface area contributed by atoms with Crippen LogP contribution in [0.5, 0.6) is 0 Å². The van der Waals surface area contributed by atoms with Crippen LogP contribution in [0.25, 0.3) is 11.3 Å². The van der Waals surface area contributed by atoms with Crippen LogP contribution in [0.15, 0.2) is 75.0 Å². The van der Waals surface area contributed by atoms with Gasteiger partial charge in [0.25, 0.3) is 5.91 Å². The Kier molecular flexibility index (Phi) is 6.64. The van der Waals surface area contributed by atoms with Gasteiger partial charge in [0.2, 0.25) is 5.13 Å². The molecule has 0 spiro atoms. The minimum absolute atomic E-state index is 0.280. The molecule has 0 bridgehead atoms. The Morgan fingerprint density at radius 3 is 2.37 bits per heavy atom. The third-order valence-electron chi connectivity index (χ3n) is 4.16. The Bertz CT molecular complexity index is 1170. The van der Waals surface area contributed by atoms with Crippen molar-refractivity contribution < 1.29 is 4.79 Å². The zero-order valence-corrected chi connectivity index (χ0v) is 22.3. The van der Waals surface area contributed by atoms with E-state index in [4.69, 9.17) is 0 Å². The number of carbonyl (C=O) groups excluding carboxylic acids is 1. The fourth-order valence-corrected chi connectivity index (χ4v) is 6.16. The third-order valence-corrected chi connectivity index (χ3v) is 7.18. The number of carbonyl (C=O) groups is 1. The van der Waals surface area contributed by atoms with Crippen molar-refractivity contribution in [2.75, 3.05) is 5.01 Å². The number of anilines is 1. The van der Waals surface area contributed by atoms with Crippen LogP contribution in [-0.2, 0) is 4.79 Å². The predicted molar refractivity (Wildman–Crippen MR) is 134 cm³/mol. The van der Waals surface area contributed by atoms with Crippen molar-refractivity contribution in [3.63, 3.8) is 0 Å². The molecule has 0 saturated carbocycles. The summed E-state index contributed by atoms with van der Waals surface area (Å²) in [7, 11) is 0. The average Bonchev–Trinajstić information content (AvgIpc) is 3.27. The minimum Gasteiger partial charge on any atom is -0.269 e. The molecule has 30 heavy (non-hydrogen) atoms. The average molecular weight is 677 g/mol. The van der Waals surface area contributed by atoms with Gasteiger partial charge in [-0.25, -0.2) is 4.98 Å². The van der Waals surface area contributed by atoms with Crippen molar-refractivity contribution >= 4 is 97.5 Å². The normalized spacial score (nSPS) is 16.6. The summed E-state index contributed by atoms with van der Waals surface area (Å²) >= 11 is 15.1. The molecule has 0 aliphatic carbocycles. The number of rotatable bonds is 4. The Balaban J connectivity index is 1.56. The van der Waals surface area contributed by atoms with Crippen LogP contribution >= 0.6 is 75.1 Å². The van der Waals surface area contributed by atoms with E-state index in [2.05, 4.69) is 84.0 Å². The van der Waals surface area contributed by atoms with Gasteiger partial charge < -0.3 is 0 Å². The zero-order valence-electron chi connectivity index (χ0n) is 15.2. The summed E-state index contributed by atoms with van der Waals surface area (Å²) in [6.45, 7) is 1.76. The molecular weight excluding hydrogens is 666 g/mol. The second-order valence-electron chi connectivity index (χ2n) is 6.25. The van der Waals surface area contributed by atoms with Crippen LogP contribution < -0.4 is 5.01 Å². The largest absolute Gasteiger partial charge is 0.282 e. The molecule has 0 unspecified atom stereocenters. The van der Waals surface area contributed by atoms with Gasteiger partial charge in [0, 0.05) is 28.8 Å². The first kappa shape index (κ1) is 21.9. The van der Waals surface area contributed by atoms with Crippen molar-refractivity contribution in [1.82, 2.24) is 4.98 Å². The van der Waals surface area contributed by atoms with Crippen molar-refractivity contribution in [2.24, 2.45) is 15.3 Å². The molecule has 1 aliphatic rings. The lowest BCUT2D eigenvalue weighted by Crippen LogP contribution is -2.29. The molecule has 0 fully saturated rings. The molecule has 1 atom stereocenters. The van der Waals surface area contributed by atoms with Crippen LogP contribution in [0.4, 0.5) is 10.8 Å². The van der Waals surface area contributed by atoms with E-state index in [0.717, 1.165) is 29.1 Å². The molecule has 0 N–H and O–H groups in total. The lowest BCUT2D eigenvalue weighted by molar-refractivity contribution is -0.117. The van der Waals surface area contributed by atoms with Crippen LogP contribution in [0.3, 0.4) is 0 Å². The zero-order chi connectivity index (χ0) is 21.4. The lowest BCUT2D eigenvalue weighted by atomic mass is 10.2. The van der Waals surface area contributed by atoms with Gasteiger partial charge in [0.05, 0.1) is 11.4 Å². The van der Waals surface area contributed by atoms with Gasteiger partial charge in [-0.2, -0.15) is 20.3 Å². The maximum absolute atomic E-state index is 12.9. The van der Waals surface area contributed by atoms with Gasteiger partial charge in [-0.3, -0.25) is 4.79 Å². The second-order valence-corrected chi connectivity index (χ2v) is 10.6. The highest BCUT2D eigenvalue weighted by molar-refractivity contribution is 9.11. The van der Waals surface area contributed by atoms with Gasteiger partial charge in [-0.15, -0.1) is 11.3 Å². The Hall–Kier alpha value is -1.27. The monoisotopic (exact) mass is 673 g/mol. The summed E-state index contributed by atoms with van der Waals surface area (Å²) in [6, 6.07) is 10.8. The molecule has 11 heteroatoms. The number of hydrogen-bond donors (Lipinski definition) is 0. The maximum Gasteiger partial charge on any atom is 0.282 e. The van der Waals surface area contributed by atoms with Gasteiger partial charge in [-0.1, -0.05) is 44.0 Å². The van der Waals surface area contributed by atoms with E-state index in [9.17, 15) is 4.79 Å². The number of hydrogen-bond acceptors (Lipinski definition) is 6. The first-order valence-corrected chi connectivity index (χ1v) is 12.5. The van der Waals surface area contributed by atoms with Crippen molar-refractivity contribution in [2.45, 2.75) is 13.0 Å². The standard InChI is InChI=1S/C19H11Br4N5OS/c1-9-16(25-26-17-13(22)6-12(21)7-14(17)23)18(29)28(27-9)19-24-15(8-30-19)10-2-4-11(20)5-3-10/h2-8,16H,1H3/t16-/m1/s1. The van der Waals surface area contributed by atoms with E-state index in [1.165, 1.54) is 16.3 Å². The molecule has 1 amide bonds. The topological polar surface area (TPSA) is 70.3 Å². The van der Waals surface area contributed by atoms with Crippen LogP contribution in [0, 0.1) is 0 Å². The third kappa shape index (κ3) is 4.50. The van der Waals surface area contributed by atoms with E-state index >= 15 is 0 Å². The predicted octanol–water partition coefficient (Wildman–Crippen LogP) is 7.74. The molecular formula is C19H11Br4N5OS. The van der Waals surface area contributed by atoms with Crippen LogP contribution in [-0.4, -0.2) is 22.6 Å². The number of amides is 1. The van der Waals surface area contributed by atoms with Gasteiger partial charge >= 0.3 is 0 Å². The molecule has 0 radical (unpaired) electrons. The highest BCUT2D eigenvalue weighted by Crippen LogP contribution is 2.37. The molecule has 2 aromatic carbocycles. The number of nitrogens with zero attached hydrogens (tertiary/aromatic N) is 5. The summed E-state index contributed by atoms with van der Waals surface area (Å²) in [6.07, 6.45) is 0. The van der Waals surface area contributed by atoms with E-state index < -0.39 is 6.04 Å². The Morgan fingerprint density at radius 1 is 1.03 bits per heavy atom. The van der Waals surface area contributed by atoms with E-state index in [-0.39, 0.29) is 5.91 Å². The molecule has 1 aromatic heterocycles. The quantitative estimate of drug-likeness (QED) is 0.266. The maximum atomic E-state index is 12.9. The molecule has 2 heterocycles.